The van der Waals surface area contributed by atoms with Crippen LogP contribution in [0, 0.1) is 17.8 Å². The van der Waals surface area contributed by atoms with E-state index in [-0.39, 0.29) is 11.3 Å². The molecule has 0 bridgehead atoms. The van der Waals surface area contributed by atoms with Crippen LogP contribution >= 0.6 is 0 Å². The Labute approximate surface area is 126 Å². The lowest BCUT2D eigenvalue weighted by Gasteiger charge is -2.17. The van der Waals surface area contributed by atoms with Gasteiger partial charge in [-0.15, -0.1) is 0 Å². The molecule has 0 aliphatic heterocycles. The van der Waals surface area contributed by atoms with Gasteiger partial charge < -0.3 is 5.11 Å². The van der Waals surface area contributed by atoms with Crippen molar-refractivity contribution in [1.29, 1.82) is 0 Å². The molecule has 1 atom stereocenters. The van der Waals surface area contributed by atoms with Crippen LogP contribution in [0.5, 0.6) is 0 Å². The van der Waals surface area contributed by atoms with Crippen molar-refractivity contribution < 1.29 is 5.11 Å². The van der Waals surface area contributed by atoms with Crippen molar-refractivity contribution in [2.24, 2.45) is 5.92 Å². The molecule has 0 saturated heterocycles. The van der Waals surface area contributed by atoms with Gasteiger partial charge in [0.15, 0.2) is 0 Å². The zero-order valence-electron chi connectivity index (χ0n) is 12.5. The normalized spacial score (nSPS) is 19.5. The Hall–Kier alpha value is -2.04. The van der Waals surface area contributed by atoms with Crippen molar-refractivity contribution in [2.75, 3.05) is 0 Å². The molecule has 106 valence electrons. The van der Waals surface area contributed by atoms with E-state index >= 15 is 0 Å². The fraction of sp³-hybridized carbons (Fsp3) is 0.300. The lowest BCUT2D eigenvalue weighted by atomic mass is 9.86. The van der Waals surface area contributed by atoms with Crippen molar-refractivity contribution in [1.82, 2.24) is 0 Å². The SMILES string of the molecule is CC(C)(O)C#CC1CC1(c1ccccc1)c1ccccc1. The molecule has 0 aromatic heterocycles. The van der Waals surface area contributed by atoms with Crippen LogP contribution < -0.4 is 0 Å². The summed E-state index contributed by atoms with van der Waals surface area (Å²) in [6.45, 7) is 3.46. The zero-order valence-corrected chi connectivity index (χ0v) is 12.5. The predicted octanol–water partition coefficient (Wildman–Crippen LogP) is 3.77. The maximum atomic E-state index is 9.83. The van der Waals surface area contributed by atoms with Crippen molar-refractivity contribution in [3.8, 4) is 11.8 Å². The third-order valence-corrected chi connectivity index (χ3v) is 4.09. The molecule has 3 rings (SSSR count). The van der Waals surface area contributed by atoms with E-state index in [1.54, 1.807) is 13.8 Å². The maximum absolute atomic E-state index is 9.83. The third kappa shape index (κ3) is 2.73. The molecule has 2 aromatic rings. The van der Waals surface area contributed by atoms with Gasteiger partial charge >= 0.3 is 0 Å². The summed E-state index contributed by atoms with van der Waals surface area (Å²) >= 11 is 0. The van der Waals surface area contributed by atoms with Crippen LogP contribution in [-0.4, -0.2) is 10.7 Å². The van der Waals surface area contributed by atoms with Crippen LogP contribution in [0.4, 0.5) is 0 Å². The topological polar surface area (TPSA) is 20.2 Å². The summed E-state index contributed by atoms with van der Waals surface area (Å²) in [6, 6.07) is 21.1. The van der Waals surface area contributed by atoms with Crippen LogP contribution in [0.15, 0.2) is 60.7 Å². The average molecular weight is 276 g/mol. The molecule has 1 aliphatic rings. The van der Waals surface area contributed by atoms with Gasteiger partial charge in [0.2, 0.25) is 0 Å². The van der Waals surface area contributed by atoms with Gasteiger partial charge in [0.05, 0.1) is 0 Å². The summed E-state index contributed by atoms with van der Waals surface area (Å²) in [5.74, 6) is 6.54. The lowest BCUT2D eigenvalue weighted by Crippen LogP contribution is -2.16. The Morgan fingerprint density at radius 1 is 0.952 bits per heavy atom. The van der Waals surface area contributed by atoms with Crippen molar-refractivity contribution in [3.05, 3.63) is 71.8 Å². The first-order valence-electron chi connectivity index (χ1n) is 7.38. The number of benzene rings is 2. The van der Waals surface area contributed by atoms with E-state index in [2.05, 4.69) is 60.4 Å². The molecule has 1 fully saturated rings. The standard InChI is InChI=1S/C20H20O/c1-19(2,21)14-13-18-15-20(18,16-9-5-3-6-10-16)17-11-7-4-8-12-17/h3-12,18,21H,15H2,1-2H3. The van der Waals surface area contributed by atoms with Gasteiger partial charge in [0, 0.05) is 11.3 Å². The summed E-state index contributed by atoms with van der Waals surface area (Å²) < 4.78 is 0. The quantitative estimate of drug-likeness (QED) is 0.828. The summed E-state index contributed by atoms with van der Waals surface area (Å²) in [4.78, 5) is 0. The van der Waals surface area contributed by atoms with E-state index < -0.39 is 5.60 Å². The smallest absolute Gasteiger partial charge is 0.119 e. The van der Waals surface area contributed by atoms with E-state index in [4.69, 9.17) is 0 Å². The summed E-state index contributed by atoms with van der Waals surface area (Å²) in [7, 11) is 0. The molecule has 1 nitrogen and oxygen atoms in total. The van der Waals surface area contributed by atoms with Gasteiger partial charge in [0.25, 0.3) is 0 Å². The minimum Gasteiger partial charge on any atom is -0.378 e. The van der Waals surface area contributed by atoms with Crippen LogP contribution in [0.1, 0.15) is 31.4 Å². The molecule has 0 radical (unpaired) electrons. The number of hydrogen-bond acceptors (Lipinski definition) is 1. The fourth-order valence-electron chi connectivity index (χ4n) is 2.98. The first-order valence-corrected chi connectivity index (χ1v) is 7.38. The van der Waals surface area contributed by atoms with Gasteiger partial charge in [-0.3, -0.25) is 0 Å². The third-order valence-electron chi connectivity index (χ3n) is 4.09. The van der Waals surface area contributed by atoms with Crippen LogP contribution in [0.25, 0.3) is 0 Å². The molecule has 0 heterocycles. The Bertz CT molecular complexity index is 629. The van der Waals surface area contributed by atoms with Gasteiger partial charge in [-0.25, -0.2) is 0 Å². The van der Waals surface area contributed by atoms with E-state index in [0.29, 0.717) is 0 Å². The first-order chi connectivity index (χ1) is 10.0. The van der Waals surface area contributed by atoms with Crippen LogP contribution in [-0.2, 0) is 5.41 Å². The zero-order chi connectivity index (χ0) is 14.9. The second-order valence-electron chi connectivity index (χ2n) is 6.29. The van der Waals surface area contributed by atoms with Gasteiger partial charge in [-0.05, 0) is 31.4 Å². The van der Waals surface area contributed by atoms with Crippen LogP contribution in [0.3, 0.4) is 0 Å². The molecule has 21 heavy (non-hydrogen) atoms. The molecule has 0 spiro atoms. The summed E-state index contributed by atoms with van der Waals surface area (Å²) in [6.07, 6.45) is 1.02. The van der Waals surface area contributed by atoms with Crippen molar-refractivity contribution in [3.63, 3.8) is 0 Å². The highest BCUT2D eigenvalue weighted by Crippen LogP contribution is 2.58. The van der Waals surface area contributed by atoms with Gasteiger partial charge in [-0.2, -0.15) is 0 Å². The van der Waals surface area contributed by atoms with Crippen LogP contribution in [0.2, 0.25) is 0 Å². The summed E-state index contributed by atoms with van der Waals surface area (Å²) in [5, 5.41) is 9.83. The Kier molecular flexibility index (Phi) is 3.35. The lowest BCUT2D eigenvalue weighted by molar-refractivity contribution is 0.143. The molecule has 1 aliphatic carbocycles. The molecule has 0 amide bonds. The number of hydrogen-bond donors (Lipinski definition) is 1. The highest BCUT2D eigenvalue weighted by Gasteiger charge is 2.55. The average Bonchev–Trinajstić information content (AvgIpc) is 3.22. The van der Waals surface area contributed by atoms with Crippen molar-refractivity contribution >= 4 is 0 Å². The van der Waals surface area contributed by atoms with Crippen molar-refractivity contribution in [2.45, 2.75) is 31.3 Å². The molecular formula is C20H20O. The van der Waals surface area contributed by atoms with Gasteiger partial charge in [-0.1, -0.05) is 72.5 Å². The Morgan fingerprint density at radius 3 is 1.86 bits per heavy atom. The highest BCUT2D eigenvalue weighted by atomic mass is 16.3. The summed E-state index contributed by atoms with van der Waals surface area (Å²) in [5.41, 5.74) is 1.68. The Morgan fingerprint density at radius 2 is 1.43 bits per heavy atom. The van der Waals surface area contributed by atoms with E-state index in [0.717, 1.165) is 6.42 Å². The maximum Gasteiger partial charge on any atom is 0.119 e. The largest absolute Gasteiger partial charge is 0.378 e. The number of aliphatic hydroxyl groups is 1. The Balaban J connectivity index is 2.02. The predicted molar refractivity (Wildman–Crippen MR) is 85.8 cm³/mol. The minimum absolute atomic E-state index is 0.0131. The first kappa shape index (κ1) is 13.9. The van der Waals surface area contributed by atoms with E-state index in [9.17, 15) is 5.11 Å². The number of rotatable bonds is 2. The minimum atomic E-state index is -0.929. The molecule has 1 heteroatoms. The molecule has 1 unspecified atom stereocenters. The van der Waals surface area contributed by atoms with E-state index in [1.165, 1.54) is 11.1 Å². The molecule has 1 N–H and O–H groups in total. The molecular weight excluding hydrogens is 256 g/mol. The highest BCUT2D eigenvalue weighted by molar-refractivity contribution is 5.50. The molecule has 1 saturated carbocycles. The fourth-order valence-corrected chi connectivity index (χ4v) is 2.98. The second-order valence-corrected chi connectivity index (χ2v) is 6.29. The monoisotopic (exact) mass is 276 g/mol. The van der Waals surface area contributed by atoms with Gasteiger partial charge in [0.1, 0.15) is 5.60 Å². The van der Waals surface area contributed by atoms with E-state index in [1.807, 2.05) is 12.1 Å². The second kappa shape index (κ2) is 5.06. The molecule has 2 aromatic carbocycles.